The van der Waals surface area contributed by atoms with Gasteiger partial charge in [0.25, 0.3) is 0 Å². The van der Waals surface area contributed by atoms with Crippen LogP contribution in [0.3, 0.4) is 0 Å². The Morgan fingerprint density at radius 2 is 1.91 bits per heavy atom. The lowest BCUT2D eigenvalue weighted by Crippen LogP contribution is -2.25. The predicted octanol–water partition coefficient (Wildman–Crippen LogP) is 2.27. The first-order valence-corrected chi connectivity index (χ1v) is 12.3. The predicted molar refractivity (Wildman–Crippen MR) is 129 cm³/mol. The summed E-state index contributed by atoms with van der Waals surface area (Å²) in [7, 11) is 0. The van der Waals surface area contributed by atoms with Gasteiger partial charge in [0.05, 0.1) is 41.3 Å². The molecule has 1 saturated carbocycles. The summed E-state index contributed by atoms with van der Waals surface area (Å²) in [6, 6.07) is 7.72. The molecule has 1 saturated heterocycles. The number of benzene rings is 1. The fourth-order valence-corrected chi connectivity index (χ4v) is 5.65. The first kappa shape index (κ1) is 21.4. The lowest BCUT2D eigenvalue weighted by Gasteiger charge is -2.22. The average molecular weight is 480 g/mol. The molecule has 3 unspecified atom stereocenters. The van der Waals surface area contributed by atoms with Gasteiger partial charge in [0.15, 0.2) is 22.8 Å². The maximum Gasteiger partial charge on any atom is 0.229 e. The molecule has 1 aliphatic heterocycles. The van der Waals surface area contributed by atoms with Crippen molar-refractivity contribution < 1.29 is 15.0 Å². The number of aliphatic hydroxyl groups excluding tert-OH is 2. The highest BCUT2D eigenvalue weighted by atomic mass is 32.1. The zero-order valence-corrected chi connectivity index (χ0v) is 19.3. The van der Waals surface area contributed by atoms with E-state index in [0.717, 1.165) is 34.5 Å². The van der Waals surface area contributed by atoms with Crippen LogP contribution in [0.4, 0.5) is 11.8 Å². The summed E-state index contributed by atoms with van der Waals surface area (Å²) in [6.07, 6.45) is 3.19. The van der Waals surface area contributed by atoms with Crippen molar-refractivity contribution in [3.8, 4) is 0 Å². The number of rotatable bonds is 5. The number of anilines is 2. The van der Waals surface area contributed by atoms with Crippen LogP contribution in [0.2, 0.25) is 0 Å². The maximum atomic E-state index is 12.7. The number of hydrogen-bond donors (Lipinski definition) is 3. The Labute approximate surface area is 199 Å². The van der Waals surface area contributed by atoms with E-state index in [2.05, 4.69) is 15.3 Å². The molecule has 0 radical (unpaired) electrons. The van der Waals surface area contributed by atoms with Gasteiger partial charge in [-0.1, -0.05) is 18.6 Å². The molecule has 11 heteroatoms. The number of hydrogen-bond acceptors (Lipinski definition) is 10. The van der Waals surface area contributed by atoms with Gasteiger partial charge < -0.3 is 25.0 Å². The standard InChI is InChI=1S/C23H25N7O3S/c31-15-7-3-2-6-14(15)30-12-25-20-21(24-9-19-26-13-5-1-4-8-18(13)34-19)27-23(28-22(20)30)29-10-16(32)17(33)11-29/h1,4-5,8,12,14,16-17,32-33H,2-3,6-7,9-11H2,(H,24,27,28). The summed E-state index contributed by atoms with van der Waals surface area (Å²) >= 11 is 1.62. The molecule has 4 heterocycles. The van der Waals surface area contributed by atoms with E-state index in [0.29, 0.717) is 35.9 Å². The van der Waals surface area contributed by atoms with E-state index in [1.54, 1.807) is 22.6 Å². The van der Waals surface area contributed by atoms with E-state index in [9.17, 15) is 15.0 Å². The van der Waals surface area contributed by atoms with Crippen molar-refractivity contribution in [2.75, 3.05) is 23.3 Å². The quantitative estimate of drug-likeness (QED) is 0.395. The second kappa shape index (κ2) is 8.57. The molecule has 2 aliphatic rings. The average Bonchev–Trinajstić information content (AvgIpc) is 3.54. The largest absolute Gasteiger partial charge is 0.388 e. The van der Waals surface area contributed by atoms with Gasteiger partial charge in [0.2, 0.25) is 5.95 Å². The van der Waals surface area contributed by atoms with Crippen LogP contribution in [0, 0.1) is 0 Å². The molecular formula is C23H25N7O3S. The number of nitrogens with zero attached hydrogens (tertiary/aromatic N) is 6. The minimum absolute atomic E-state index is 0.196. The first-order valence-electron chi connectivity index (χ1n) is 11.5. The van der Waals surface area contributed by atoms with Crippen LogP contribution < -0.4 is 10.2 Å². The van der Waals surface area contributed by atoms with Gasteiger partial charge in [0.1, 0.15) is 5.01 Å². The number of aliphatic hydroxyl groups is 2. The van der Waals surface area contributed by atoms with E-state index in [4.69, 9.17) is 9.97 Å². The lowest BCUT2D eigenvalue weighted by molar-refractivity contribution is -0.123. The fourth-order valence-electron chi connectivity index (χ4n) is 4.74. The Morgan fingerprint density at radius 3 is 2.71 bits per heavy atom. The van der Waals surface area contributed by atoms with Crippen LogP contribution in [0.1, 0.15) is 36.7 Å². The number of aromatic nitrogens is 5. The molecule has 1 aliphatic carbocycles. The second-order valence-corrected chi connectivity index (χ2v) is 10.0. The number of thiazole rings is 1. The van der Waals surface area contributed by atoms with Crippen LogP contribution in [-0.2, 0) is 11.3 Å². The molecule has 0 bridgehead atoms. The minimum Gasteiger partial charge on any atom is -0.388 e. The summed E-state index contributed by atoms with van der Waals surface area (Å²) < 4.78 is 2.97. The van der Waals surface area contributed by atoms with Crippen LogP contribution in [0.15, 0.2) is 30.6 Å². The van der Waals surface area contributed by atoms with Gasteiger partial charge in [0, 0.05) is 19.5 Å². The summed E-state index contributed by atoms with van der Waals surface area (Å²) in [6.45, 7) is 0.937. The Bertz CT molecular complexity index is 1330. The third-order valence-electron chi connectivity index (χ3n) is 6.55. The van der Waals surface area contributed by atoms with Crippen molar-refractivity contribution >= 4 is 50.3 Å². The highest BCUT2D eigenvalue weighted by Gasteiger charge is 2.33. The molecule has 3 N–H and O–H groups in total. The Kier molecular flexibility index (Phi) is 5.39. The third-order valence-corrected chi connectivity index (χ3v) is 7.59. The molecule has 3 aromatic heterocycles. The van der Waals surface area contributed by atoms with Gasteiger partial charge in [-0.25, -0.2) is 9.97 Å². The first-order chi connectivity index (χ1) is 16.6. The Hall–Kier alpha value is -3.15. The number of para-hydroxylation sites is 1. The molecule has 34 heavy (non-hydrogen) atoms. The van der Waals surface area contributed by atoms with Gasteiger partial charge in [-0.15, -0.1) is 11.3 Å². The molecule has 6 rings (SSSR count). The van der Waals surface area contributed by atoms with Crippen molar-refractivity contribution in [2.24, 2.45) is 0 Å². The monoisotopic (exact) mass is 479 g/mol. The molecule has 0 spiro atoms. The highest BCUT2D eigenvalue weighted by molar-refractivity contribution is 7.18. The van der Waals surface area contributed by atoms with E-state index >= 15 is 0 Å². The summed E-state index contributed by atoms with van der Waals surface area (Å²) in [4.78, 5) is 33.1. The number of imidazole rings is 1. The summed E-state index contributed by atoms with van der Waals surface area (Å²) in [5, 5.41) is 24.4. The number of β-amino-alcohol motifs (C(OH)–C–C–N with tert-alkyl or cyclic N) is 2. The van der Waals surface area contributed by atoms with Crippen molar-refractivity contribution in [3.63, 3.8) is 0 Å². The summed E-state index contributed by atoms with van der Waals surface area (Å²) in [5.41, 5.74) is 2.12. The normalized spacial score (nSPS) is 23.3. The molecule has 1 aromatic carbocycles. The molecule has 176 valence electrons. The Morgan fingerprint density at radius 1 is 1.09 bits per heavy atom. The molecule has 0 amide bonds. The fraction of sp³-hybridized carbons (Fsp3) is 0.435. The number of nitrogens with one attached hydrogen (secondary N) is 1. The molecular weight excluding hydrogens is 454 g/mol. The molecule has 4 aromatic rings. The van der Waals surface area contributed by atoms with Crippen molar-refractivity contribution in [3.05, 3.63) is 35.6 Å². The molecule has 2 fully saturated rings. The van der Waals surface area contributed by atoms with Crippen molar-refractivity contribution in [1.29, 1.82) is 0 Å². The zero-order chi connectivity index (χ0) is 23.2. The highest BCUT2D eigenvalue weighted by Crippen LogP contribution is 2.32. The van der Waals surface area contributed by atoms with Gasteiger partial charge in [-0.3, -0.25) is 4.79 Å². The number of carbonyl (C=O) groups is 1. The van der Waals surface area contributed by atoms with Gasteiger partial charge in [-0.05, 0) is 25.0 Å². The number of carbonyl (C=O) groups excluding carboxylic acids is 1. The van der Waals surface area contributed by atoms with Crippen LogP contribution >= 0.6 is 11.3 Å². The molecule has 10 nitrogen and oxygen atoms in total. The van der Waals surface area contributed by atoms with Crippen molar-refractivity contribution in [1.82, 2.24) is 24.5 Å². The zero-order valence-electron chi connectivity index (χ0n) is 18.5. The van der Waals surface area contributed by atoms with Crippen LogP contribution in [-0.4, -0.2) is 65.8 Å². The van der Waals surface area contributed by atoms with E-state index in [1.165, 1.54) is 0 Å². The molecule has 3 atom stereocenters. The lowest BCUT2D eigenvalue weighted by atomic mass is 9.94. The van der Waals surface area contributed by atoms with E-state index in [-0.39, 0.29) is 24.9 Å². The van der Waals surface area contributed by atoms with Crippen LogP contribution in [0.25, 0.3) is 21.4 Å². The number of Topliss-reactive ketones (excluding diaryl/α,β-unsaturated/α-hetero) is 1. The topological polar surface area (TPSA) is 129 Å². The van der Waals surface area contributed by atoms with Gasteiger partial charge in [-0.2, -0.15) is 9.97 Å². The number of fused-ring (bicyclic) bond motifs is 2. The van der Waals surface area contributed by atoms with E-state index < -0.39 is 12.2 Å². The van der Waals surface area contributed by atoms with E-state index in [1.807, 2.05) is 28.8 Å². The third kappa shape index (κ3) is 3.79. The van der Waals surface area contributed by atoms with Gasteiger partial charge >= 0.3 is 0 Å². The second-order valence-electron chi connectivity index (χ2n) is 8.89. The SMILES string of the molecule is O=C1CCCCC1n1cnc2c(NCc3nc4ccccc4s3)nc(N3CC(O)C(O)C3)nc21. The maximum absolute atomic E-state index is 12.7. The number of ketones is 1. The van der Waals surface area contributed by atoms with Crippen LogP contribution in [0.5, 0.6) is 0 Å². The summed E-state index contributed by atoms with van der Waals surface area (Å²) in [5.74, 6) is 1.12. The van der Waals surface area contributed by atoms with Crippen molar-refractivity contribution in [2.45, 2.75) is 50.5 Å². The Balaban J connectivity index is 1.38. The smallest absolute Gasteiger partial charge is 0.229 e. The minimum atomic E-state index is -0.858.